The maximum absolute atomic E-state index is 12.8. The van der Waals surface area contributed by atoms with E-state index in [4.69, 9.17) is 10.5 Å². The van der Waals surface area contributed by atoms with Gasteiger partial charge < -0.3 is 20.9 Å². The maximum Gasteiger partial charge on any atom is 0.326 e. The number of esters is 1. The Balaban J connectivity index is 4.39. The van der Waals surface area contributed by atoms with Gasteiger partial charge in [-0.15, -0.1) is 0 Å². The number of rotatable bonds is 39. The van der Waals surface area contributed by atoms with Gasteiger partial charge >= 0.3 is 11.9 Å². The van der Waals surface area contributed by atoms with Gasteiger partial charge in [-0.05, 0) is 103 Å². The number of nitrogens with one attached hydrogen (secondary N) is 1. The van der Waals surface area contributed by atoms with E-state index < -0.39 is 12.0 Å². The summed E-state index contributed by atoms with van der Waals surface area (Å²) in [7, 11) is 0. The van der Waals surface area contributed by atoms with Crippen LogP contribution in [0.5, 0.6) is 0 Å². The normalized spacial score (nSPS) is 13.0. The summed E-state index contributed by atoms with van der Waals surface area (Å²) in [4.78, 5) is 36.3. The molecule has 7 nitrogen and oxygen atoms in total. The lowest BCUT2D eigenvalue weighted by atomic mass is 10.0. The number of carbonyl (C=O) groups is 3. The smallest absolute Gasteiger partial charge is 0.326 e. The molecule has 0 saturated heterocycles. The molecule has 1 amide bonds. The van der Waals surface area contributed by atoms with E-state index in [2.05, 4.69) is 55.6 Å². The molecule has 2 atom stereocenters. The second-order valence-corrected chi connectivity index (χ2v) is 14.7. The van der Waals surface area contributed by atoms with Crippen LogP contribution < -0.4 is 11.1 Å². The number of allylic oxidation sites excluding steroid dienone is 6. The predicted molar refractivity (Wildman–Crippen MR) is 220 cm³/mol. The van der Waals surface area contributed by atoms with Crippen LogP contribution in [0.2, 0.25) is 0 Å². The molecule has 52 heavy (non-hydrogen) atoms. The molecule has 7 heteroatoms. The van der Waals surface area contributed by atoms with Crippen molar-refractivity contribution in [3.8, 4) is 0 Å². The molecule has 0 aliphatic rings. The fourth-order valence-corrected chi connectivity index (χ4v) is 6.37. The lowest BCUT2D eigenvalue weighted by Crippen LogP contribution is -2.40. The van der Waals surface area contributed by atoms with Gasteiger partial charge in [0.25, 0.3) is 0 Å². The average molecular weight is 731 g/mol. The Labute approximate surface area is 320 Å². The highest BCUT2D eigenvalue weighted by molar-refractivity contribution is 5.83. The Morgan fingerprint density at radius 2 is 1.06 bits per heavy atom. The van der Waals surface area contributed by atoms with Gasteiger partial charge in [-0.3, -0.25) is 9.59 Å². The molecule has 0 aliphatic carbocycles. The number of unbranched alkanes of at least 4 members (excludes halogenated alkanes) is 19. The minimum absolute atomic E-state index is 0.0236. The van der Waals surface area contributed by atoms with E-state index in [1.54, 1.807) is 0 Å². The topological polar surface area (TPSA) is 119 Å². The van der Waals surface area contributed by atoms with E-state index in [1.807, 2.05) is 0 Å². The first-order valence-corrected chi connectivity index (χ1v) is 21.8. The van der Waals surface area contributed by atoms with E-state index >= 15 is 0 Å². The number of ether oxygens (including phenoxy) is 1. The monoisotopic (exact) mass is 731 g/mol. The molecule has 0 aliphatic heterocycles. The van der Waals surface area contributed by atoms with Crippen LogP contribution in [-0.4, -0.2) is 41.6 Å². The molecule has 0 aromatic heterocycles. The number of hydrogen-bond acceptors (Lipinski definition) is 5. The summed E-state index contributed by atoms with van der Waals surface area (Å²) in [5, 5.41) is 11.9. The lowest BCUT2D eigenvalue weighted by molar-refractivity contribution is -0.150. The van der Waals surface area contributed by atoms with Crippen molar-refractivity contribution in [3.05, 3.63) is 36.5 Å². The Bertz CT molecular complexity index is 915. The van der Waals surface area contributed by atoms with Gasteiger partial charge in [-0.2, -0.15) is 0 Å². The molecule has 0 spiro atoms. The standard InChI is InChI=1S/C45H82N2O5/c1-3-5-7-9-11-13-15-17-19-21-23-26-30-35-41(36-31-27-25-28-32-38-43(48)47-42(45(50)51)37-34-40-46)52-44(49)39-33-29-24-22-20-18-16-14-12-10-8-6-4-2/h8,10,14,16,21,23,41-42H,3-7,9,11-13,15,17-20,22,24-40,46H2,1-2H3,(H,47,48)(H,50,51)/b10-8-,16-14-,23-21-. The SMILES string of the molecule is CCC/C=C\C/C=C\CCCCCCCC(=O)OC(CCC/C=C\CCCCCCCCCC)CCCCCCCC(=O)NC(CCCN)C(=O)O. The van der Waals surface area contributed by atoms with Crippen molar-refractivity contribution >= 4 is 17.8 Å². The number of amides is 1. The van der Waals surface area contributed by atoms with Crippen LogP contribution in [0.4, 0.5) is 0 Å². The van der Waals surface area contributed by atoms with Gasteiger partial charge in [-0.1, -0.05) is 140 Å². The van der Waals surface area contributed by atoms with Gasteiger partial charge in [0.05, 0.1) is 0 Å². The molecular weight excluding hydrogens is 649 g/mol. The highest BCUT2D eigenvalue weighted by atomic mass is 16.5. The van der Waals surface area contributed by atoms with Crippen molar-refractivity contribution in [1.82, 2.24) is 5.32 Å². The summed E-state index contributed by atoms with van der Waals surface area (Å²) >= 11 is 0. The number of hydrogen-bond donors (Lipinski definition) is 3. The maximum atomic E-state index is 12.8. The molecular formula is C45H82N2O5. The first-order valence-electron chi connectivity index (χ1n) is 21.8. The van der Waals surface area contributed by atoms with E-state index in [9.17, 15) is 19.5 Å². The minimum Gasteiger partial charge on any atom is -0.480 e. The summed E-state index contributed by atoms with van der Waals surface area (Å²) in [6.45, 7) is 4.88. The Kier molecular flexibility index (Phi) is 37.9. The van der Waals surface area contributed by atoms with Crippen LogP contribution in [0.15, 0.2) is 36.5 Å². The van der Waals surface area contributed by atoms with Crippen molar-refractivity contribution in [2.45, 2.75) is 225 Å². The zero-order valence-electron chi connectivity index (χ0n) is 33.9. The summed E-state index contributed by atoms with van der Waals surface area (Å²) in [6.07, 6.45) is 46.1. The Morgan fingerprint density at radius 1 is 0.558 bits per heavy atom. The minimum atomic E-state index is -1.01. The largest absolute Gasteiger partial charge is 0.480 e. The van der Waals surface area contributed by atoms with Gasteiger partial charge in [0.1, 0.15) is 12.1 Å². The zero-order valence-corrected chi connectivity index (χ0v) is 33.9. The van der Waals surface area contributed by atoms with Gasteiger partial charge in [0.15, 0.2) is 0 Å². The molecule has 0 rings (SSSR count). The number of aliphatic carboxylic acids is 1. The van der Waals surface area contributed by atoms with Crippen LogP contribution >= 0.6 is 0 Å². The van der Waals surface area contributed by atoms with Gasteiger partial charge in [0, 0.05) is 12.8 Å². The fraction of sp³-hybridized carbons (Fsp3) is 0.800. The van der Waals surface area contributed by atoms with Crippen LogP contribution in [0.25, 0.3) is 0 Å². The van der Waals surface area contributed by atoms with Crippen molar-refractivity contribution < 1.29 is 24.2 Å². The zero-order chi connectivity index (χ0) is 38.2. The van der Waals surface area contributed by atoms with Crippen molar-refractivity contribution in [3.63, 3.8) is 0 Å². The van der Waals surface area contributed by atoms with E-state index in [1.165, 1.54) is 83.5 Å². The van der Waals surface area contributed by atoms with Crippen molar-refractivity contribution in [2.75, 3.05) is 6.54 Å². The first-order chi connectivity index (χ1) is 25.4. The highest BCUT2D eigenvalue weighted by Crippen LogP contribution is 2.18. The molecule has 0 bridgehead atoms. The van der Waals surface area contributed by atoms with E-state index in [0.717, 1.165) is 89.9 Å². The summed E-state index contributed by atoms with van der Waals surface area (Å²) in [5.41, 5.74) is 5.48. The third-order valence-corrected chi connectivity index (χ3v) is 9.66. The molecule has 0 radical (unpaired) electrons. The van der Waals surface area contributed by atoms with E-state index in [-0.39, 0.29) is 18.0 Å². The number of carboxylic acid groups (broad SMARTS) is 1. The Morgan fingerprint density at radius 3 is 1.65 bits per heavy atom. The number of carboxylic acids is 1. The predicted octanol–water partition coefficient (Wildman–Crippen LogP) is 12.2. The van der Waals surface area contributed by atoms with Crippen LogP contribution in [0, 0.1) is 0 Å². The third kappa shape index (κ3) is 36.0. The lowest BCUT2D eigenvalue weighted by Gasteiger charge is -2.18. The second-order valence-electron chi connectivity index (χ2n) is 14.7. The van der Waals surface area contributed by atoms with Crippen molar-refractivity contribution in [2.24, 2.45) is 5.73 Å². The van der Waals surface area contributed by atoms with Gasteiger partial charge in [-0.25, -0.2) is 4.79 Å². The fourth-order valence-electron chi connectivity index (χ4n) is 6.37. The highest BCUT2D eigenvalue weighted by Gasteiger charge is 2.19. The molecule has 0 saturated carbocycles. The van der Waals surface area contributed by atoms with Gasteiger partial charge in [0.2, 0.25) is 5.91 Å². The number of carbonyl (C=O) groups excluding carboxylic acids is 2. The quantitative estimate of drug-likeness (QED) is 0.0329. The number of nitrogens with two attached hydrogens (primary N) is 1. The third-order valence-electron chi connectivity index (χ3n) is 9.66. The molecule has 0 fully saturated rings. The Hall–Kier alpha value is -2.41. The van der Waals surface area contributed by atoms with Crippen molar-refractivity contribution in [1.29, 1.82) is 0 Å². The molecule has 302 valence electrons. The van der Waals surface area contributed by atoms with Crippen LogP contribution in [0.1, 0.15) is 213 Å². The average Bonchev–Trinajstić information content (AvgIpc) is 3.13. The second kappa shape index (κ2) is 39.8. The van der Waals surface area contributed by atoms with E-state index in [0.29, 0.717) is 32.2 Å². The first kappa shape index (κ1) is 49.6. The molecule has 0 aromatic carbocycles. The summed E-state index contributed by atoms with van der Waals surface area (Å²) in [6, 6.07) is -0.860. The molecule has 2 unspecified atom stereocenters. The summed E-state index contributed by atoms with van der Waals surface area (Å²) < 4.78 is 6.02. The molecule has 0 aromatic rings. The molecule has 0 heterocycles. The van der Waals surface area contributed by atoms with Crippen LogP contribution in [-0.2, 0) is 19.1 Å². The summed E-state index contributed by atoms with van der Waals surface area (Å²) in [5.74, 6) is -1.26. The molecule has 4 N–H and O–H groups in total. The van der Waals surface area contributed by atoms with Crippen LogP contribution in [0.3, 0.4) is 0 Å².